The van der Waals surface area contributed by atoms with Gasteiger partial charge in [0.15, 0.2) is 5.75 Å². The van der Waals surface area contributed by atoms with Crippen LogP contribution in [-0.2, 0) is 25.2 Å². The number of benzene rings is 2. The number of rotatable bonds is 11. The third-order valence-corrected chi connectivity index (χ3v) is 13.9. The maximum atomic E-state index is 13.3. The maximum absolute atomic E-state index is 13.3. The van der Waals surface area contributed by atoms with E-state index >= 15 is 0 Å². The highest BCUT2D eigenvalue weighted by Gasteiger charge is 2.53. The SMILES string of the molecule is COCOC1c2c(OC)c(=O)ccn2CC(NC(=O)OC(C)(C)C)C1(C)CCO[Si](c1ccccc1)(c1ccccc1)C(C)(C)C. The molecule has 1 N–H and O–H groups in total. The third kappa shape index (κ3) is 7.25. The van der Waals surface area contributed by atoms with Crippen LogP contribution in [0.5, 0.6) is 5.75 Å². The molecule has 0 fully saturated rings. The van der Waals surface area contributed by atoms with E-state index < -0.39 is 37.6 Å². The summed E-state index contributed by atoms with van der Waals surface area (Å²) in [6, 6.07) is 22.0. The Labute approximate surface area is 274 Å². The number of methoxy groups -OCH3 is 2. The predicted octanol–water partition coefficient (Wildman–Crippen LogP) is 5.40. The highest BCUT2D eigenvalue weighted by molar-refractivity contribution is 6.99. The second kappa shape index (κ2) is 14.1. The highest BCUT2D eigenvalue weighted by Crippen LogP contribution is 2.49. The number of pyridine rings is 1. The molecule has 3 atom stereocenters. The topological polar surface area (TPSA) is 97.3 Å². The van der Waals surface area contributed by atoms with E-state index in [1.165, 1.54) is 23.5 Å². The molecule has 0 saturated heterocycles. The molecule has 3 aromatic rings. The van der Waals surface area contributed by atoms with Crippen LogP contribution in [0.3, 0.4) is 0 Å². The largest absolute Gasteiger partial charge is 0.491 e. The number of carbonyl (C=O) groups excluding carboxylic acids is 1. The van der Waals surface area contributed by atoms with Crippen LogP contribution in [0.4, 0.5) is 4.79 Å². The van der Waals surface area contributed by atoms with Gasteiger partial charge in [-0.1, -0.05) is 88.4 Å². The average Bonchev–Trinajstić information content (AvgIpc) is 2.99. The molecule has 10 heteroatoms. The first-order valence-corrected chi connectivity index (χ1v) is 17.7. The minimum atomic E-state index is -2.86. The number of fused-ring (bicyclic) bond motifs is 1. The molecule has 2 heterocycles. The van der Waals surface area contributed by atoms with Crippen LogP contribution < -0.4 is 25.9 Å². The highest BCUT2D eigenvalue weighted by atomic mass is 28.4. The second-order valence-corrected chi connectivity index (χ2v) is 18.5. The maximum Gasteiger partial charge on any atom is 0.407 e. The fraction of sp³-hybridized carbons (Fsp3) is 0.500. The molecular formula is C36H50N2O7Si. The summed E-state index contributed by atoms with van der Waals surface area (Å²) in [4.78, 5) is 26.3. The van der Waals surface area contributed by atoms with E-state index in [1.54, 1.807) is 13.3 Å². The first-order valence-electron chi connectivity index (χ1n) is 15.8. The fourth-order valence-corrected chi connectivity index (χ4v) is 11.2. The van der Waals surface area contributed by atoms with Gasteiger partial charge in [0.05, 0.1) is 18.8 Å². The van der Waals surface area contributed by atoms with Gasteiger partial charge in [0.25, 0.3) is 8.32 Å². The van der Waals surface area contributed by atoms with Gasteiger partial charge in [0, 0.05) is 37.9 Å². The van der Waals surface area contributed by atoms with Gasteiger partial charge in [-0.15, -0.1) is 0 Å². The van der Waals surface area contributed by atoms with Crippen molar-refractivity contribution >= 4 is 24.8 Å². The zero-order chi connectivity index (χ0) is 33.8. The number of nitrogens with one attached hydrogen (secondary N) is 1. The van der Waals surface area contributed by atoms with Crippen molar-refractivity contribution in [3.63, 3.8) is 0 Å². The van der Waals surface area contributed by atoms with Crippen molar-refractivity contribution in [2.75, 3.05) is 27.6 Å². The summed E-state index contributed by atoms with van der Waals surface area (Å²) in [5.74, 6) is 0.207. The van der Waals surface area contributed by atoms with Crippen molar-refractivity contribution < 1.29 is 28.2 Å². The Morgan fingerprint density at radius 3 is 2.04 bits per heavy atom. The Morgan fingerprint density at radius 1 is 0.957 bits per heavy atom. The minimum absolute atomic E-state index is 0.0266. The first-order chi connectivity index (χ1) is 21.7. The molecular weight excluding hydrogens is 600 g/mol. The Balaban J connectivity index is 1.82. The van der Waals surface area contributed by atoms with Gasteiger partial charge >= 0.3 is 6.09 Å². The monoisotopic (exact) mass is 650 g/mol. The number of amides is 1. The van der Waals surface area contributed by atoms with Gasteiger partial charge in [-0.2, -0.15) is 0 Å². The quantitative estimate of drug-likeness (QED) is 0.219. The molecule has 9 nitrogen and oxygen atoms in total. The van der Waals surface area contributed by atoms with E-state index in [0.717, 1.165) is 0 Å². The van der Waals surface area contributed by atoms with Crippen LogP contribution in [0.1, 0.15) is 66.7 Å². The lowest BCUT2D eigenvalue weighted by Crippen LogP contribution is -2.67. The number of hydrogen-bond donors (Lipinski definition) is 1. The molecule has 0 bridgehead atoms. The van der Waals surface area contributed by atoms with Crippen LogP contribution in [0, 0.1) is 5.41 Å². The minimum Gasteiger partial charge on any atom is -0.491 e. The van der Waals surface area contributed by atoms with Crippen LogP contribution in [0.2, 0.25) is 5.04 Å². The molecule has 1 amide bonds. The standard InChI is InChI=1S/C36H50N2O7Si/c1-34(2,3)45-33(40)37-29-24-38-22-20-28(39)31(42-9)30(38)32(43-25-41-8)36(29,7)21-23-44-46(35(4,5)6,26-16-12-10-13-17-26)27-18-14-11-15-19-27/h10-20,22,29,32H,21,23-25H2,1-9H3,(H,37,40). The van der Waals surface area contributed by atoms with E-state index in [4.69, 9.17) is 23.4 Å². The molecule has 46 heavy (non-hydrogen) atoms. The summed E-state index contributed by atoms with van der Waals surface area (Å²) in [6.07, 6.45) is 0.982. The number of alkyl carbamates (subject to hydrolysis) is 1. The van der Waals surface area contributed by atoms with Gasteiger partial charge in [-0.05, 0) is 42.6 Å². The summed E-state index contributed by atoms with van der Waals surface area (Å²) in [5.41, 5.74) is -1.10. The zero-order valence-corrected chi connectivity index (χ0v) is 29.7. The molecule has 2 aromatic carbocycles. The normalized spacial score (nSPS) is 20.1. The van der Waals surface area contributed by atoms with E-state index in [9.17, 15) is 9.59 Å². The summed E-state index contributed by atoms with van der Waals surface area (Å²) in [7, 11) is 0.183. The number of hydrogen-bond acceptors (Lipinski definition) is 7. The number of nitrogens with zero attached hydrogens (tertiary/aromatic N) is 1. The Kier molecular flexibility index (Phi) is 10.9. The predicted molar refractivity (Wildman–Crippen MR) is 182 cm³/mol. The number of carbonyl (C=O) groups is 1. The lowest BCUT2D eigenvalue weighted by atomic mass is 9.70. The molecule has 0 aliphatic carbocycles. The van der Waals surface area contributed by atoms with E-state index in [-0.39, 0.29) is 23.0 Å². The van der Waals surface area contributed by atoms with Crippen molar-refractivity contribution in [2.24, 2.45) is 5.41 Å². The molecule has 3 unspecified atom stereocenters. The Hall–Kier alpha value is -3.44. The summed E-state index contributed by atoms with van der Waals surface area (Å²) in [6.45, 7) is 15.0. The molecule has 0 spiro atoms. The van der Waals surface area contributed by atoms with Crippen molar-refractivity contribution in [1.82, 2.24) is 9.88 Å². The molecule has 4 rings (SSSR count). The third-order valence-electron chi connectivity index (χ3n) is 8.82. The molecule has 1 aromatic heterocycles. The molecule has 1 aliphatic heterocycles. The molecule has 250 valence electrons. The van der Waals surface area contributed by atoms with Crippen LogP contribution in [-0.4, -0.2) is 58.2 Å². The van der Waals surface area contributed by atoms with Gasteiger partial charge in [-0.3, -0.25) is 4.79 Å². The van der Waals surface area contributed by atoms with E-state index in [2.05, 4.69) is 81.5 Å². The van der Waals surface area contributed by atoms with Crippen molar-refractivity contribution in [3.8, 4) is 5.75 Å². The smallest absolute Gasteiger partial charge is 0.407 e. The van der Waals surface area contributed by atoms with Crippen LogP contribution in [0.15, 0.2) is 77.7 Å². The lowest BCUT2D eigenvalue weighted by Gasteiger charge is -2.49. The van der Waals surface area contributed by atoms with Gasteiger partial charge in [-0.25, -0.2) is 4.79 Å². The van der Waals surface area contributed by atoms with Gasteiger partial charge < -0.3 is 33.3 Å². The van der Waals surface area contributed by atoms with Crippen LogP contribution in [0.25, 0.3) is 0 Å². The van der Waals surface area contributed by atoms with Crippen molar-refractivity contribution in [2.45, 2.75) is 84.2 Å². The Bertz CT molecular complexity index is 1480. The zero-order valence-electron chi connectivity index (χ0n) is 28.7. The second-order valence-electron chi connectivity index (χ2n) is 14.2. The number of ether oxygens (including phenoxy) is 4. The lowest BCUT2D eigenvalue weighted by molar-refractivity contribution is -0.143. The molecule has 1 aliphatic rings. The van der Waals surface area contributed by atoms with Crippen molar-refractivity contribution in [1.29, 1.82) is 0 Å². The molecule has 0 radical (unpaired) electrons. The van der Waals surface area contributed by atoms with E-state index in [1.807, 2.05) is 37.5 Å². The fourth-order valence-electron chi connectivity index (χ4n) is 6.66. The van der Waals surface area contributed by atoms with Gasteiger partial charge in [0.1, 0.15) is 18.5 Å². The average molecular weight is 651 g/mol. The van der Waals surface area contributed by atoms with Crippen LogP contribution >= 0.6 is 0 Å². The molecule has 0 saturated carbocycles. The first kappa shape index (κ1) is 35.4. The van der Waals surface area contributed by atoms with Crippen molar-refractivity contribution in [3.05, 3.63) is 88.8 Å². The van der Waals surface area contributed by atoms with E-state index in [0.29, 0.717) is 25.3 Å². The summed E-state index contributed by atoms with van der Waals surface area (Å²) < 4.78 is 32.3. The summed E-state index contributed by atoms with van der Waals surface area (Å²) >= 11 is 0. The number of aromatic nitrogens is 1. The Morgan fingerprint density at radius 2 is 1.54 bits per heavy atom. The summed E-state index contributed by atoms with van der Waals surface area (Å²) in [5, 5.41) is 5.28. The van der Waals surface area contributed by atoms with Gasteiger partial charge in [0.2, 0.25) is 5.43 Å².